The summed E-state index contributed by atoms with van der Waals surface area (Å²) in [6.07, 6.45) is 1.12. The number of hydrogen-bond donors (Lipinski definition) is 1. The van der Waals surface area contributed by atoms with Crippen LogP contribution in [-0.4, -0.2) is 27.1 Å². The van der Waals surface area contributed by atoms with E-state index in [-0.39, 0.29) is 18.5 Å². The van der Waals surface area contributed by atoms with Crippen LogP contribution in [0.5, 0.6) is 0 Å². The second-order valence-corrected chi connectivity index (χ2v) is 9.32. The van der Waals surface area contributed by atoms with Gasteiger partial charge in [0.1, 0.15) is 6.54 Å². The minimum Gasteiger partial charge on any atom is -0.348 e. The Balaban J connectivity index is 1.87. The van der Waals surface area contributed by atoms with Crippen LogP contribution in [0.4, 0.5) is 5.69 Å². The highest BCUT2D eigenvalue weighted by atomic mass is 32.2. The van der Waals surface area contributed by atoms with Crippen molar-refractivity contribution in [3.63, 3.8) is 0 Å². The van der Waals surface area contributed by atoms with Gasteiger partial charge in [0, 0.05) is 5.39 Å². The molecule has 5 nitrogen and oxygen atoms in total. The van der Waals surface area contributed by atoms with Crippen LogP contribution in [0.3, 0.4) is 0 Å². The average Bonchev–Trinajstić information content (AvgIpc) is 2.64. The molecule has 0 radical (unpaired) electrons. The quantitative estimate of drug-likeness (QED) is 0.665. The number of nitrogens with one attached hydrogen (secondary N) is 1. The Morgan fingerprint density at radius 2 is 1.72 bits per heavy atom. The van der Waals surface area contributed by atoms with Crippen LogP contribution in [0, 0.1) is 13.8 Å². The minimum atomic E-state index is -3.65. The molecule has 0 saturated heterocycles. The van der Waals surface area contributed by atoms with Crippen LogP contribution < -0.4 is 9.62 Å². The summed E-state index contributed by atoms with van der Waals surface area (Å²) in [7, 11) is -3.65. The maximum atomic E-state index is 12.8. The molecule has 0 fully saturated rings. The number of benzene rings is 3. The third-order valence-electron chi connectivity index (χ3n) is 4.99. The Morgan fingerprint density at radius 1 is 1.03 bits per heavy atom. The third-order valence-corrected chi connectivity index (χ3v) is 6.12. The fraction of sp³-hybridized carbons (Fsp3) is 0.261. The second-order valence-electron chi connectivity index (χ2n) is 7.42. The van der Waals surface area contributed by atoms with Crippen LogP contribution in [0.1, 0.15) is 29.7 Å². The van der Waals surface area contributed by atoms with Gasteiger partial charge >= 0.3 is 0 Å². The van der Waals surface area contributed by atoms with Gasteiger partial charge in [-0.05, 0) is 43.4 Å². The van der Waals surface area contributed by atoms with Gasteiger partial charge in [-0.15, -0.1) is 0 Å². The van der Waals surface area contributed by atoms with E-state index < -0.39 is 10.0 Å². The van der Waals surface area contributed by atoms with Crippen LogP contribution in [0.2, 0.25) is 0 Å². The van der Waals surface area contributed by atoms with Gasteiger partial charge < -0.3 is 5.32 Å². The fourth-order valence-electron chi connectivity index (χ4n) is 3.61. The van der Waals surface area contributed by atoms with Crippen LogP contribution >= 0.6 is 0 Å². The first-order valence-corrected chi connectivity index (χ1v) is 11.3. The standard InChI is InChI=1S/C23H26N2O3S/c1-16-12-13-20(17(2)14-16)18(3)24-23(26)15-25(29(4,27)28)22-11-7-9-19-8-5-6-10-21(19)22/h5-14,18H,15H2,1-4H3,(H,24,26)/t18-/m0/s1. The van der Waals surface area contributed by atoms with Crippen molar-refractivity contribution in [2.75, 3.05) is 17.1 Å². The number of carbonyl (C=O) groups is 1. The molecule has 1 atom stereocenters. The average molecular weight is 411 g/mol. The van der Waals surface area contributed by atoms with Crippen molar-refractivity contribution >= 4 is 32.4 Å². The van der Waals surface area contributed by atoms with Crippen LogP contribution in [0.15, 0.2) is 60.7 Å². The largest absolute Gasteiger partial charge is 0.348 e. The number of anilines is 1. The van der Waals surface area contributed by atoms with E-state index >= 15 is 0 Å². The van der Waals surface area contributed by atoms with Crippen molar-refractivity contribution < 1.29 is 13.2 Å². The summed E-state index contributed by atoms with van der Waals surface area (Å²) in [5.74, 6) is -0.351. The molecule has 3 aromatic carbocycles. The molecule has 0 aliphatic carbocycles. The lowest BCUT2D eigenvalue weighted by molar-refractivity contribution is -0.120. The zero-order chi connectivity index (χ0) is 21.2. The number of nitrogens with zero attached hydrogens (tertiary/aromatic N) is 1. The van der Waals surface area contributed by atoms with Gasteiger partial charge in [-0.2, -0.15) is 0 Å². The minimum absolute atomic E-state index is 0.225. The van der Waals surface area contributed by atoms with Crippen molar-refractivity contribution in [3.8, 4) is 0 Å². The van der Waals surface area contributed by atoms with Gasteiger partial charge in [-0.1, -0.05) is 60.2 Å². The van der Waals surface area contributed by atoms with Crippen LogP contribution in [0.25, 0.3) is 10.8 Å². The van der Waals surface area contributed by atoms with Gasteiger partial charge in [0.15, 0.2) is 0 Å². The Morgan fingerprint density at radius 3 is 2.41 bits per heavy atom. The first-order chi connectivity index (χ1) is 13.7. The van der Waals surface area contributed by atoms with Crippen molar-refractivity contribution in [1.82, 2.24) is 5.32 Å². The Kier molecular flexibility index (Phi) is 5.94. The van der Waals surface area contributed by atoms with E-state index in [2.05, 4.69) is 11.4 Å². The smallest absolute Gasteiger partial charge is 0.241 e. The van der Waals surface area contributed by atoms with E-state index in [4.69, 9.17) is 0 Å². The summed E-state index contributed by atoms with van der Waals surface area (Å²) in [6.45, 7) is 5.65. The predicted octanol–water partition coefficient (Wildman–Crippen LogP) is 4.10. The summed E-state index contributed by atoms with van der Waals surface area (Å²) in [5.41, 5.74) is 3.76. The number of carbonyl (C=O) groups excluding carboxylic acids is 1. The number of rotatable bonds is 6. The van der Waals surface area contributed by atoms with E-state index in [9.17, 15) is 13.2 Å². The topological polar surface area (TPSA) is 66.5 Å². The number of fused-ring (bicyclic) bond motifs is 1. The van der Waals surface area contributed by atoms with Gasteiger partial charge in [0.25, 0.3) is 0 Å². The summed E-state index contributed by atoms with van der Waals surface area (Å²) < 4.78 is 26.2. The maximum absolute atomic E-state index is 12.8. The normalized spacial score (nSPS) is 12.6. The molecule has 6 heteroatoms. The number of hydrogen-bond acceptors (Lipinski definition) is 3. The highest BCUT2D eigenvalue weighted by molar-refractivity contribution is 7.92. The lowest BCUT2D eigenvalue weighted by Crippen LogP contribution is -2.41. The Bertz CT molecular complexity index is 1150. The first-order valence-electron chi connectivity index (χ1n) is 9.49. The van der Waals surface area contributed by atoms with Gasteiger partial charge in [-0.25, -0.2) is 8.42 Å². The molecule has 3 aromatic rings. The Hall–Kier alpha value is -2.86. The van der Waals surface area contributed by atoms with E-state index in [0.29, 0.717) is 5.69 Å². The van der Waals surface area contributed by atoms with Crippen molar-refractivity contribution in [3.05, 3.63) is 77.4 Å². The van der Waals surface area contributed by atoms with E-state index in [1.165, 1.54) is 4.31 Å². The van der Waals surface area contributed by atoms with Crippen molar-refractivity contribution in [1.29, 1.82) is 0 Å². The molecule has 1 N–H and O–H groups in total. The van der Waals surface area contributed by atoms with Crippen LogP contribution in [-0.2, 0) is 14.8 Å². The maximum Gasteiger partial charge on any atom is 0.241 e. The van der Waals surface area contributed by atoms with Crippen molar-refractivity contribution in [2.24, 2.45) is 0 Å². The zero-order valence-corrected chi connectivity index (χ0v) is 18.0. The number of sulfonamides is 1. The molecule has 0 unspecified atom stereocenters. The zero-order valence-electron chi connectivity index (χ0n) is 17.1. The third kappa shape index (κ3) is 4.77. The SMILES string of the molecule is Cc1ccc([C@H](C)NC(=O)CN(c2cccc3ccccc23)S(C)(=O)=O)c(C)c1. The lowest BCUT2D eigenvalue weighted by atomic mass is 10.0. The highest BCUT2D eigenvalue weighted by Gasteiger charge is 2.23. The molecule has 1 amide bonds. The molecule has 0 heterocycles. The summed E-state index contributed by atoms with van der Waals surface area (Å²) in [6, 6.07) is 18.8. The second kappa shape index (κ2) is 8.25. The molecule has 0 spiro atoms. The molecule has 29 heavy (non-hydrogen) atoms. The van der Waals surface area contributed by atoms with Gasteiger partial charge in [-0.3, -0.25) is 9.10 Å². The highest BCUT2D eigenvalue weighted by Crippen LogP contribution is 2.28. The van der Waals surface area contributed by atoms with E-state index in [0.717, 1.165) is 33.7 Å². The summed E-state index contributed by atoms with van der Waals surface area (Å²) in [4.78, 5) is 12.8. The number of aryl methyl sites for hydroxylation is 2. The molecule has 3 rings (SSSR count). The molecule has 0 aromatic heterocycles. The van der Waals surface area contributed by atoms with E-state index in [1.807, 2.05) is 63.2 Å². The molecular formula is C23H26N2O3S. The molecule has 0 saturated carbocycles. The molecule has 0 aliphatic rings. The van der Waals surface area contributed by atoms with Gasteiger partial charge in [0.2, 0.25) is 15.9 Å². The first kappa shape index (κ1) is 20.9. The monoisotopic (exact) mass is 410 g/mol. The summed E-state index contributed by atoms with van der Waals surface area (Å²) in [5, 5.41) is 4.64. The fourth-order valence-corrected chi connectivity index (χ4v) is 4.48. The number of amides is 1. The predicted molar refractivity (Wildman–Crippen MR) is 119 cm³/mol. The van der Waals surface area contributed by atoms with Gasteiger partial charge in [0.05, 0.1) is 18.0 Å². The van der Waals surface area contributed by atoms with E-state index in [1.54, 1.807) is 12.1 Å². The summed E-state index contributed by atoms with van der Waals surface area (Å²) >= 11 is 0. The molecular weight excluding hydrogens is 384 g/mol. The molecule has 0 bridgehead atoms. The Labute approximate surface area is 172 Å². The molecule has 0 aliphatic heterocycles. The molecule has 152 valence electrons. The lowest BCUT2D eigenvalue weighted by Gasteiger charge is -2.25. The van der Waals surface area contributed by atoms with Crippen molar-refractivity contribution in [2.45, 2.75) is 26.8 Å².